The molecule has 0 saturated carbocycles. The summed E-state index contributed by atoms with van der Waals surface area (Å²) in [6, 6.07) is 7.05. The summed E-state index contributed by atoms with van der Waals surface area (Å²) in [4.78, 5) is 0. The first-order valence-corrected chi connectivity index (χ1v) is 10.2. The summed E-state index contributed by atoms with van der Waals surface area (Å²) in [5.41, 5.74) is 0. The van der Waals surface area contributed by atoms with Gasteiger partial charge in [-0.25, -0.2) is 0 Å². The van der Waals surface area contributed by atoms with Gasteiger partial charge in [-0.05, 0) is 30.7 Å². The van der Waals surface area contributed by atoms with Crippen LogP contribution in [0.2, 0.25) is 0 Å². The van der Waals surface area contributed by atoms with E-state index in [-0.39, 0.29) is 0 Å². The molecule has 1 aliphatic heterocycles. The Bertz CT molecular complexity index is 495. The lowest BCUT2D eigenvalue weighted by molar-refractivity contribution is -0.266. The fourth-order valence-electron chi connectivity index (χ4n) is 2.61. The van der Waals surface area contributed by atoms with Crippen molar-refractivity contribution in [2.75, 3.05) is 11.0 Å². The Balaban J connectivity index is 1.85. The zero-order valence-electron chi connectivity index (χ0n) is 14.4. The van der Waals surface area contributed by atoms with E-state index in [1.54, 1.807) is 24.3 Å². The van der Waals surface area contributed by atoms with E-state index in [4.69, 9.17) is 14.2 Å². The smallest absolute Gasteiger partial charge is 0.229 e. The van der Waals surface area contributed by atoms with Crippen LogP contribution < -0.4 is 9.47 Å². The number of hydrogen-bond acceptors (Lipinski definition) is 6. The summed E-state index contributed by atoms with van der Waals surface area (Å²) in [6.07, 6.45) is -0.742. The van der Waals surface area contributed by atoms with Crippen LogP contribution in [0.25, 0.3) is 0 Å². The normalized spacial score (nSPS) is 29.4. The molecule has 1 aromatic carbocycles. The minimum absolute atomic E-state index is 0.480. The second-order valence-electron chi connectivity index (χ2n) is 6.17. The van der Waals surface area contributed by atoms with Gasteiger partial charge in [0.1, 0.15) is 29.8 Å². The summed E-state index contributed by atoms with van der Waals surface area (Å²) in [5, 5.41) is 29.8. The minimum atomic E-state index is -1.32. The predicted molar refractivity (Wildman–Crippen MR) is 102 cm³/mol. The molecule has 0 unspecified atom stereocenters. The SMILES string of the molecule is CCCCCCOc1ccc(O[C@@H]2O[C@@H](CI)[C@@H](O)[C@@H](O)[C@H]2O)cc1. The molecule has 0 spiro atoms. The molecular weight excluding hydrogens is 439 g/mol. The van der Waals surface area contributed by atoms with E-state index in [9.17, 15) is 15.3 Å². The number of hydrogen-bond donors (Lipinski definition) is 3. The Labute approximate surface area is 162 Å². The molecule has 3 N–H and O–H groups in total. The van der Waals surface area contributed by atoms with Crippen molar-refractivity contribution < 1.29 is 29.5 Å². The third-order valence-corrected chi connectivity index (χ3v) is 5.03. The second kappa shape index (κ2) is 10.5. The van der Waals surface area contributed by atoms with E-state index in [0.29, 0.717) is 16.8 Å². The molecular formula is C18H27IO6. The van der Waals surface area contributed by atoms with E-state index < -0.39 is 30.7 Å². The first kappa shape index (κ1) is 20.7. The van der Waals surface area contributed by atoms with Crippen LogP contribution in [0.3, 0.4) is 0 Å². The highest BCUT2D eigenvalue weighted by molar-refractivity contribution is 14.1. The van der Waals surface area contributed by atoms with Crippen LogP contribution in [0.4, 0.5) is 0 Å². The van der Waals surface area contributed by atoms with Crippen molar-refractivity contribution in [2.24, 2.45) is 0 Å². The number of benzene rings is 1. The molecule has 0 aliphatic carbocycles. The number of unbranched alkanes of at least 4 members (excludes halogenated alkanes) is 3. The average Bonchev–Trinajstić information content (AvgIpc) is 2.63. The van der Waals surface area contributed by atoms with Gasteiger partial charge in [-0.2, -0.15) is 0 Å². The fraction of sp³-hybridized carbons (Fsp3) is 0.667. The molecule has 0 radical (unpaired) electrons. The summed E-state index contributed by atoms with van der Waals surface area (Å²) in [7, 11) is 0. The van der Waals surface area contributed by atoms with E-state index in [2.05, 4.69) is 29.5 Å². The van der Waals surface area contributed by atoms with Crippen LogP contribution in [0.1, 0.15) is 32.6 Å². The molecule has 1 aliphatic rings. The molecule has 1 aromatic rings. The number of aliphatic hydroxyl groups is 3. The van der Waals surface area contributed by atoms with Gasteiger partial charge in [-0.3, -0.25) is 0 Å². The van der Waals surface area contributed by atoms with Crippen LogP contribution in [0.15, 0.2) is 24.3 Å². The van der Waals surface area contributed by atoms with E-state index in [1.807, 2.05) is 0 Å². The third kappa shape index (κ3) is 5.96. The summed E-state index contributed by atoms with van der Waals surface area (Å²) in [6.45, 7) is 2.86. The number of ether oxygens (including phenoxy) is 3. The second-order valence-corrected chi connectivity index (χ2v) is 7.05. The molecule has 25 heavy (non-hydrogen) atoms. The van der Waals surface area contributed by atoms with E-state index in [1.165, 1.54) is 19.3 Å². The Morgan fingerprint density at radius 2 is 1.64 bits per heavy atom. The summed E-state index contributed by atoms with van der Waals surface area (Å²) >= 11 is 2.06. The Hall–Kier alpha value is -0.610. The molecule has 6 nitrogen and oxygen atoms in total. The molecule has 0 aromatic heterocycles. The molecule has 1 fully saturated rings. The van der Waals surface area contributed by atoms with Crippen molar-refractivity contribution in [3.8, 4) is 11.5 Å². The molecule has 1 heterocycles. The predicted octanol–water partition coefficient (Wildman–Crippen LogP) is 2.27. The highest BCUT2D eigenvalue weighted by Gasteiger charge is 2.44. The summed E-state index contributed by atoms with van der Waals surface area (Å²) in [5.74, 6) is 1.26. The summed E-state index contributed by atoms with van der Waals surface area (Å²) < 4.78 is 17.3. The molecule has 2 rings (SSSR count). The lowest BCUT2D eigenvalue weighted by Gasteiger charge is -2.39. The van der Waals surface area contributed by atoms with Gasteiger partial charge in [0, 0.05) is 4.43 Å². The van der Waals surface area contributed by atoms with Crippen molar-refractivity contribution in [1.29, 1.82) is 0 Å². The highest BCUT2D eigenvalue weighted by atomic mass is 127. The highest BCUT2D eigenvalue weighted by Crippen LogP contribution is 2.26. The van der Waals surface area contributed by atoms with Crippen LogP contribution in [-0.4, -0.2) is 57.1 Å². The van der Waals surface area contributed by atoms with Crippen molar-refractivity contribution in [3.05, 3.63) is 24.3 Å². The zero-order chi connectivity index (χ0) is 18.2. The van der Waals surface area contributed by atoms with Gasteiger partial charge in [0.05, 0.1) is 12.7 Å². The number of halogens is 1. The van der Waals surface area contributed by atoms with Crippen LogP contribution in [0, 0.1) is 0 Å². The Morgan fingerprint density at radius 1 is 0.960 bits per heavy atom. The number of aliphatic hydroxyl groups excluding tert-OH is 3. The van der Waals surface area contributed by atoms with Gasteiger partial charge in [0.25, 0.3) is 0 Å². The molecule has 0 bridgehead atoms. The zero-order valence-corrected chi connectivity index (χ0v) is 16.5. The van der Waals surface area contributed by atoms with Gasteiger partial charge >= 0.3 is 0 Å². The van der Waals surface area contributed by atoms with Crippen molar-refractivity contribution in [1.82, 2.24) is 0 Å². The minimum Gasteiger partial charge on any atom is -0.494 e. The van der Waals surface area contributed by atoms with Gasteiger partial charge in [-0.15, -0.1) is 0 Å². The lowest BCUT2D eigenvalue weighted by Crippen LogP contribution is -2.59. The maximum absolute atomic E-state index is 10.0. The van der Waals surface area contributed by atoms with Gasteiger partial charge in [0.2, 0.25) is 6.29 Å². The molecule has 142 valence electrons. The first-order chi connectivity index (χ1) is 12.1. The van der Waals surface area contributed by atoms with Gasteiger partial charge < -0.3 is 29.5 Å². The topological polar surface area (TPSA) is 88.4 Å². The number of rotatable bonds is 9. The molecule has 5 atom stereocenters. The largest absolute Gasteiger partial charge is 0.494 e. The maximum Gasteiger partial charge on any atom is 0.229 e. The van der Waals surface area contributed by atoms with Gasteiger partial charge in [0.15, 0.2) is 0 Å². The first-order valence-electron chi connectivity index (χ1n) is 8.72. The standard InChI is InChI=1S/C18H27IO6/c1-2-3-4-5-10-23-12-6-8-13(9-7-12)24-18-17(22)16(21)15(20)14(11-19)25-18/h6-9,14-18,20-22H,2-5,10-11H2,1H3/t14-,15+,16+,17+,18+/m0/s1. The average molecular weight is 466 g/mol. The van der Waals surface area contributed by atoms with Crippen molar-refractivity contribution in [2.45, 2.75) is 63.3 Å². The quantitative estimate of drug-likeness (QED) is 0.294. The Kier molecular flexibility index (Phi) is 8.71. The Morgan fingerprint density at radius 3 is 2.28 bits per heavy atom. The lowest BCUT2D eigenvalue weighted by atomic mass is 10.00. The van der Waals surface area contributed by atoms with Crippen molar-refractivity contribution >= 4 is 22.6 Å². The molecule has 7 heteroatoms. The van der Waals surface area contributed by atoms with E-state index >= 15 is 0 Å². The van der Waals surface area contributed by atoms with E-state index in [0.717, 1.165) is 12.2 Å². The monoisotopic (exact) mass is 466 g/mol. The van der Waals surface area contributed by atoms with Crippen molar-refractivity contribution in [3.63, 3.8) is 0 Å². The third-order valence-electron chi connectivity index (χ3n) is 4.16. The van der Waals surface area contributed by atoms with Crippen LogP contribution in [-0.2, 0) is 4.74 Å². The van der Waals surface area contributed by atoms with Gasteiger partial charge in [-0.1, -0.05) is 48.8 Å². The fourth-order valence-corrected chi connectivity index (χ4v) is 3.34. The maximum atomic E-state index is 10.0. The van der Waals surface area contributed by atoms with Crippen LogP contribution in [0.5, 0.6) is 11.5 Å². The van der Waals surface area contributed by atoms with Crippen LogP contribution >= 0.6 is 22.6 Å². The molecule has 0 amide bonds. The molecule has 1 saturated heterocycles. The number of alkyl halides is 1.